The second-order valence-corrected chi connectivity index (χ2v) is 6.03. The molecule has 0 amide bonds. The Morgan fingerprint density at radius 2 is 1.15 bits per heavy atom. The van der Waals surface area contributed by atoms with Gasteiger partial charge in [0.05, 0.1) is 0 Å². The Hall–Kier alpha value is 0. The first kappa shape index (κ1) is 15.5. The summed E-state index contributed by atoms with van der Waals surface area (Å²) in [5.41, 5.74) is 0.944. The predicted octanol–water partition coefficient (Wildman–Crippen LogP) is 5.13. The zero-order valence-electron chi connectivity index (χ0n) is 11.3. The van der Waals surface area contributed by atoms with E-state index >= 15 is 0 Å². The van der Waals surface area contributed by atoms with Crippen LogP contribution in [0.2, 0.25) is 0 Å². The third-order valence-corrected chi connectivity index (χ3v) is 2.40. The molecule has 0 rings (SSSR count). The summed E-state index contributed by atoms with van der Waals surface area (Å²) >= 11 is 0. The van der Waals surface area contributed by atoms with Crippen molar-refractivity contribution in [1.29, 1.82) is 0 Å². The highest BCUT2D eigenvalue weighted by atomic mass is 14.3. The fourth-order valence-corrected chi connectivity index (χ4v) is 1.22. The van der Waals surface area contributed by atoms with Gasteiger partial charge in [0.1, 0.15) is 0 Å². The molecule has 0 fully saturated rings. The zero-order chi connectivity index (χ0) is 11.3. The van der Waals surface area contributed by atoms with E-state index in [-0.39, 0.29) is 0 Å². The summed E-state index contributed by atoms with van der Waals surface area (Å²) in [6.07, 6.45) is 1.32. The minimum absolute atomic E-state index is 0.466. The molecule has 1 atom stereocenters. The molecule has 0 aliphatic heterocycles. The molecule has 0 aromatic heterocycles. The molecular weight excluding hydrogens is 156 g/mol. The Bertz CT molecular complexity index is 109. The molecule has 0 aromatic rings. The van der Waals surface area contributed by atoms with Gasteiger partial charge in [-0.3, -0.25) is 0 Å². The van der Waals surface area contributed by atoms with Crippen molar-refractivity contribution in [3.8, 4) is 0 Å². The Balaban J connectivity index is 0. The smallest absolute Gasteiger partial charge is 0.0357 e. The van der Waals surface area contributed by atoms with Gasteiger partial charge in [-0.2, -0.15) is 0 Å². The fraction of sp³-hybridized carbons (Fsp3) is 1.00. The molecule has 82 valence electrons. The van der Waals surface area contributed by atoms with Crippen molar-refractivity contribution < 1.29 is 0 Å². The van der Waals surface area contributed by atoms with Gasteiger partial charge in [0.25, 0.3) is 0 Å². The van der Waals surface area contributed by atoms with Crippen LogP contribution in [0, 0.1) is 16.7 Å². The molecule has 0 aromatic carbocycles. The first-order chi connectivity index (χ1) is 5.63. The van der Waals surface area contributed by atoms with Crippen molar-refractivity contribution in [2.75, 3.05) is 0 Å². The van der Waals surface area contributed by atoms with Gasteiger partial charge in [-0.1, -0.05) is 62.3 Å². The van der Waals surface area contributed by atoms with E-state index in [0.717, 1.165) is 5.92 Å². The van der Waals surface area contributed by atoms with E-state index in [1.165, 1.54) is 6.42 Å². The van der Waals surface area contributed by atoms with Crippen LogP contribution in [0.25, 0.3) is 0 Å². The van der Waals surface area contributed by atoms with Crippen LogP contribution in [0.1, 0.15) is 68.7 Å². The topological polar surface area (TPSA) is 0 Å². The Morgan fingerprint density at radius 1 is 0.846 bits per heavy atom. The molecule has 0 saturated heterocycles. The first-order valence-corrected chi connectivity index (χ1v) is 5.63. The van der Waals surface area contributed by atoms with Gasteiger partial charge in [-0.05, 0) is 23.2 Å². The highest BCUT2D eigenvalue weighted by molar-refractivity contribution is 4.75. The number of hydrogen-bond donors (Lipinski definition) is 0. The molecule has 0 bridgehead atoms. The van der Waals surface area contributed by atoms with Crippen molar-refractivity contribution in [2.24, 2.45) is 16.7 Å². The second kappa shape index (κ2) is 5.67. The minimum Gasteiger partial charge on any atom is -0.0683 e. The third kappa shape index (κ3) is 9.92. The Morgan fingerprint density at radius 3 is 1.23 bits per heavy atom. The molecule has 0 spiro atoms. The van der Waals surface area contributed by atoms with Crippen LogP contribution in [0.4, 0.5) is 0 Å². The van der Waals surface area contributed by atoms with Crippen LogP contribution < -0.4 is 0 Å². The normalized spacial score (nSPS) is 14.5. The lowest BCUT2D eigenvalue weighted by molar-refractivity contribution is 0.182. The lowest BCUT2D eigenvalue weighted by Crippen LogP contribution is -2.22. The van der Waals surface area contributed by atoms with E-state index < -0.39 is 0 Å². The summed E-state index contributed by atoms with van der Waals surface area (Å²) in [6.45, 7) is 20.3. The van der Waals surface area contributed by atoms with Gasteiger partial charge >= 0.3 is 0 Å². The van der Waals surface area contributed by atoms with Crippen molar-refractivity contribution in [1.82, 2.24) is 0 Å². The van der Waals surface area contributed by atoms with E-state index in [1.54, 1.807) is 0 Å². The van der Waals surface area contributed by atoms with Crippen LogP contribution in [-0.4, -0.2) is 0 Å². The molecular formula is C13H30. The van der Waals surface area contributed by atoms with E-state index in [4.69, 9.17) is 0 Å². The predicted molar refractivity (Wildman–Crippen MR) is 64.0 cm³/mol. The third-order valence-electron chi connectivity index (χ3n) is 2.40. The average molecular weight is 186 g/mol. The van der Waals surface area contributed by atoms with Gasteiger partial charge in [-0.15, -0.1) is 0 Å². The summed E-state index contributed by atoms with van der Waals surface area (Å²) in [5, 5.41) is 0. The van der Waals surface area contributed by atoms with E-state index in [0.29, 0.717) is 10.8 Å². The molecule has 0 heterocycles. The molecule has 0 heteroatoms. The quantitative estimate of drug-likeness (QED) is 0.532. The second-order valence-electron chi connectivity index (χ2n) is 6.03. The van der Waals surface area contributed by atoms with E-state index in [1.807, 2.05) is 13.8 Å². The van der Waals surface area contributed by atoms with Crippen LogP contribution in [0.5, 0.6) is 0 Å². The summed E-state index contributed by atoms with van der Waals surface area (Å²) in [6, 6.07) is 0. The average Bonchev–Trinajstić information content (AvgIpc) is 1.86. The lowest BCUT2D eigenvalue weighted by Gasteiger charge is -2.32. The summed E-state index contributed by atoms with van der Waals surface area (Å²) in [4.78, 5) is 0. The van der Waals surface area contributed by atoms with Crippen LogP contribution in [-0.2, 0) is 0 Å². The maximum atomic E-state index is 2.35. The van der Waals surface area contributed by atoms with Crippen LogP contribution in [0.3, 0.4) is 0 Å². The molecule has 0 aliphatic rings. The fourth-order valence-electron chi connectivity index (χ4n) is 1.22. The highest BCUT2D eigenvalue weighted by Crippen LogP contribution is 2.35. The molecule has 0 nitrogen and oxygen atoms in total. The standard InChI is InChI=1S/C11H24.C2H6/c1-9(11(5,6)7)8-10(2,3)4;1-2/h9H,8H2,1-7H3;1-2H3. The Kier molecular flexibility index (Phi) is 6.75. The lowest BCUT2D eigenvalue weighted by atomic mass is 9.73. The molecule has 13 heavy (non-hydrogen) atoms. The van der Waals surface area contributed by atoms with Gasteiger partial charge in [0, 0.05) is 0 Å². The minimum atomic E-state index is 0.466. The monoisotopic (exact) mass is 186 g/mol. The molecule has 1 unspecified atom stereocenters. The molecule has 0 radical (unpaired) electrons. The van der Waals surface area contributed by atoms with Gasteiger partial charge in [-0.25, -0.2) is 0 Å². The molecule has 0 aliphatic carbocycles. The van der Waals surface area contributed by atoms with Crippen LogP contribution in [0.15, 0.2) is 0 Å². The SMILES string of the molecule is CC.CC(CC(C)(C)C)C(C)(C)C. The van der Waals surface area contributed by atoms with Crippen molar-refractivity contribution in [3.05, 3.63) is 0 Å². The van der Waals surface area contributed by atoms with Crippen molar-refractivity contribution in [3.63, 3.8) is 0 Å². The van der Waals surface area contributed by atoms with E-state index in [9.17, 15) is 0 Å². The van der Waals surface area contributed by atoms with Crippen molar-refractivity contribution >= 4 is 0 Å². The number of rotatable bonds is 1. The van der Waals surface area contributed by atoms with Crippen molar-refractivity contribution in [2.45, 2.75) is 68.7 Å². The van der Waals surface area contributed by atoms with Crippen LogP contribution >= 0.6 is 0 Å². The Labute approximate surface area is 86.1 Å². The number of hydrogen-bond acceptors (Lipinski definition) is 0. The van der Waals surface area contributed by atoms with Gasteiger partial charge in [0.2, 0.25) is 0 Å². The maximum Gasteiger partial charge on any atom is -0.0357 e. The van der Waals surface area contributed by atoms with Gasteiger partial charge < -0.3 is 0 Å². The first-order valence-electron chi connectivity index (χ1n) is 5.63. The summed E-state index contributed by atoms with van der Waals surface area (Å²) in [5.74, 6) is 0.808. The summed E-state index contributed by atoms with van der Waals surface area (Å²) in [7, 11) is 0. The summed E-state index contributed by atoms with van der Waals surface area (Å²) < 4.78 is 0. The molecule has 0 saturated carbocycles. The maximum absolute atomic E-state index is 2.35. The van der Waals surface area contributed by atoms with Gasteiger partial charge in [0.15, 0.2) is 0 Å². The highest BCUT2D eigenvalue weighted by Gasteiger charge is 2.24. The zero-order valence-corrected chi connectivity index (χ0v) is 11.3. The molecule has 0 N–H and O–H groups in total. The largest absolute Gasteiger partial charge is 0.0683 e. The van der Waals surface area contributed by atoms with E-state index in [2.05, 4.69) is 48.5 Å².